The Balaban J connectivity index is 1.91. The van der Waals surface area contributed by atoms with E-state index in [2.05, 4.69) is 10.3 Å². The monoisotopic (exact) mass is 268 g/mol. The minimum absolute atomic E-state index is 0.282. The van der Waals surface area contributed by atoms with Crippen LogP contribution in [0.15, 0.2) is 48.5 Å². The van der Waals surface area contributed by atoms with Crippen molar-refractivity contribution in [1.82, 2.24) is 4.98 Å². The highest BCUT2D eigenvalue weighted by Crippen LogP contribution is 2.20. The van der Waals surface area contributed by atoms with Gasteiger partial charge in [-0.05, 0) is 31.2 Å². The number of aromatic nitrogens is 1. The molecule has 1 heterocycles. The third kappa shape index (κ3) is 2.16. The number of amides is 1. The van der Waals surface area contributed by atoms with Gasteiger partial charge in [0, 0.05) is 22.2 Å². The molecule has 0 bridgehead atoms. The molecule has 0 unspecified atom stereocenters. The molecule has 3 rings (SSSR count). The van der Waals surface area contributed by atoms with Crippen molar-refractivity contribution < 1.29 is 9.18 Å². The number of rotatable bonds is 2. The van der Waals surface area contributed by atoms with Gasteiger partial charge in [0.15, 0.2) is 0 Å². The zero-order valence-electron chi connectivity index (χ0n) is 10.9. The lowest BCUT2D eigenvalue weighted by Gasteiger charge is -2.07. The van der Waals surface area contributed by atoms with E-state index >= 15 is 0 Å². The Morgan fingerprint density at radius 1 is 1.15 bits per heavy atom. The molecule has 0 aliphatic heterocycles. The van der Waals surface area contributed by atoms with Crippen molar-refractivity contribution in [2.24, 2.45) is 0 Å². The van der Waals surface area contributed by atoms with Crippen LogP contribution in [0.25, 0.3) is 10.9 Å². The van der Waals surface area contributed by atoms with Gasteiger partial charge in [-0.15, -0.1) is 0 Å². The van der Waals surface area contributed by atoms with Gasteiger partial charge in [-0.25, -0.2) is 4.39 Å². The van der Waals surface area contributed by atoms with Gasteiger partial charge >= 0.3 is 0 Å². The van der Waals surface area contributed by atoms with Gasteiger partial charge in [0.25, 0.3) is 5.91 Å². The van der Waals surface area contributed by atoms with E-state index in [0.29, 0.717) is 16.9 Å². The fourth-order valence-corrected chi connectivity index (χ4v) is 2.13. The predicted molar refractivity (Wildman–Crippen MR) is 77.4 cm³/mol. The second kappa shape index (κ2) is 4.81. The predicted octanol–water partition coefficient (Wildman–Crippen LogP) is 3.87. The lowest BCUT2D eigenvalue weighted by Crippen LogP contribution is -2.13. The minimum atomic E-state index is -0.334. The molecule has 3 nitrogen and oxygen atoms in total. The van der Waals surface area contributed by atoms with Crippen LogP contribution < -0.4 is 5.32 Å². The highest BCUT2D eigenvalue weighted by Gasteiger charge is 2.11. The van der Waals surface area contributed by atoms with Gasteiger partial charge < -0.3 is 10.3 Å². The zero-order valence-corrected chi connectivity index (χ0v) is 10.9. The molecular formula is C16H13FN2O. The number of benzene rings is 2. The third-order valence-corrected chi connectivity index (χ3v) is 3.29. The van der Waals surface area contributed by atoms with Gasteiger partial charge in [0.2, 0.25) is 0 Å². The number of nitrogens with one attached hydrogen (secondary N) is 2. The van der Waals surface area contributed by atoms with E-state index in [-0.39, 0.29) is 11.7 Å². The van der Waals surface area contributed by atoms with Crippen LogP contribution >= 0.6 is 0 Å². The molecule has 3 aromatic rings. The first kappa shape index (κ1) is 12.4. The smallest absolute Gasteiger partial charge is 0.272 e. The fourth-order valence-electron chi connectivity index (χ4n) is 2.13. The first-order valence-electron chi connectivity index (χ1n) is 6.29. The standard InChI is InChI=1S/C16H13FN2O/c1-10-12(17)6-4-8-13(10)19-16(20)15-9-11-5-2-3-7-14(11)18-15/h2-9,18H,1H3,(H,19,20). The second-order valence-electron chi connectivity index (χ2n) is 4.64. The molecule has 0 aliphatic rings. The number of carbonyl (C=O) groups excluding carboxylic acids is 1. The van der Waals surface area contributed by atoms with Crippen molar-refractivity contribution in [1.29, 1.82) is 0 Å². The van der Waals surface area contributed by atoms with Crippen molar-refractivity contribution in [3.8, 4) is 0 Å². The average Bonchev–Trinajstić information content (AvgIpc) is 2.88. The molecule has 1 aromatic heterocycles. The van der Waals surface area contributed by atoms with Crippen LogP contribution in [-0.2, 0) is 0 Å². The van der Waals surface area contributed by atoms with Crippen LogP contribution in [0.5, 0.6) is 0 Å². The molecule has 2 N–H and O–H groups in total. The molecule has 0 saturated heterocycles. The molecule has 0 radical (unpaired) electrons. The largest absolute Gasteiger partial charge is 0.351 e. The van der Waals surface area contributed by atoms with E-state index < -0.39 is 0 Å². The normalized spacial score (nSPS) is 10.7. The first-order chi connectivity index (χ1) is 9.65. The molecule has 0 spiro atoms. The van der Waals surface area contributed by atoms with E-state index in [1.54, 1.807) is 25.1 Å². The number of fused-ring (bicyclic) bond motifs is 1. The van der Waals surface area contributed by atoms with Gasteiger partial charge in [0.1, 0.15) is 11.5 Å². The maximum Gasteiger partial charge on any atom is 0.272 e. The van der Waals surface area contributed by atoms with E-state index in [1.807, 2.05) is 24.3 Å². The van der Waals surface area contributed by atoms with E-state index in [0.717, 1.165) is 10.9 Å². The van der Waals surface area contributed by atoms with Gasteiger partial charge in [0.05, 0.1) is 0 Å². The van der Waals surface area contributed by atoms with Crippen LogP contribution in [0.3, 0.4) is 0 Å². The van der Waals surface area contributed by atoms with Gasteiger partial charge in [-0.3, -0.25) is 4.79 Å². The Kier molecular flexibility index (Phi) is 2.99. The van der Waals surface area contributed by atoms with Crippen LogP contribution in [0.4, 0.5) is 10.1 Å². The van der Waals surface area contributed by atoms with Crippen molar-refractivity contribution in [3.63, 3.8) is 0 Å². The summed E-state index contributed by atoms with van der Waals surface area (Å²) < 4.78 is 13.4. The summed E-state index contributed by atoms with van der Waals surface area (Å²) >= 11 is 0. The number of H-pyrrole nitrogens is 1. The zero-order chi connectivity index (χ0) is 14.1. The SMILES string of the molecule is Cc1c(F)cccc1NC(=O)c1cc2ccccc2[nH]1. The van der Waals surface area contributed by atoms with Crippen molar-refractivity contribution >= 4 is 22.5 Å². The Morgan fingerprint density at radius 3 is 2.75 bits per heavy atom. The maximum absolute atomic E-state index is 13.4. The Bertz CT molecular complexity index is 759. The first-order valence-corrected chi connectivity index (χ1v) is 6.29. The second-order valence-corrected chi connectivity index (χ2v) is 4.64. The number of anilines is 1. The third-order valence-electron chi connectivity index (χ3n) is 3.29. The van der Waals surface area contributed by atoms with Crippen molar-refractivity contribution in [2.75, 3.05) is 5.32 Å². The lowest BCUT2D eigenvalue weighted by molar-refractivity contribution is 0.102. The molecule has 1 amide bonds. The topological polar surface area (TPSA) is 44.9 Å². The molecule has 100 valence electrons. The van der Waals surface area contributed by atoms with Crippen LogP contribution in [-0.4, -0.2) is 10.9 Å². The van der Waals surface area contributed by atoms with Crippen molar-refractivity contribution in [2.45, 2.75) is 6.92 Å². The number of hydrogen-bond acceptors (Lipinski definition) is 1. The van der Waals surface area contributed by atoms with E-state index in [1.165, 1.54) is 6.07 Å². The molecule has 20 heavy (non-hydrogen) atoms. The fraction of sp³-hybridized carbons (Fsp3) is 0.0625. The summed E-state index contributed by atoms with van der Waals surface area (Å²) in [5, 5.41) is 3.68. The number of halogens is 1. The lowest BCUT2D eigenvalue weighted by atomic mass is 10.2. The van der Waals surface area contributed by atoms with Crippen LogP contribution in [0, 0.1) is 12.7 Å². The average molecular weight is 268 g/mol. The summed E-state index contributed by atoms with van der Waals surface area (Å²) in [7, 11) is 0. The summed E-state index contributed by atoms with van der Waals surface area (Å²) in [4.78, 5) is 15.2. The number of carbonyl (C=O) groups is 1. The minimum Gasteiger partial charge on any atom is -0.351 e. The van der Waals surface area contributed by atoms with E-state index in [4.69, 9.17) is 0 Å². The quantitative estimate of drug-likeness (QED) is 0.728. The summed E-state index contributed by atoms with van der Waals surface area (Å²) in [6.07, 6.45) is 0. The molecule has 0 saturated carbocycles. The Hall–Kier alpha value is -2.62. The van der Waals surface area contributed by atoms with Crippen LogP contribution in [0.1, 0.15) is 16.1 Å². The maximum atomic E-state index is 13.4. The number of hydrogen-bond donors (Lipinski definition) is 2. The molecule has 4 heteroatoms. The molecular weight excluding hydrogens is 255 g/mol. The summed E-state index contributed by atoms with van der Waals surface area (Å²) in [5.41, 5.74) is 2.26. The summed E-state index contributed by atoms with van der Waals surface area (Å²) in [6, 6.07) is 14.0. The van der Waals surface area contributed by atoms with Crippen LogP contribution in [0.2, 0.25) is 0 Å². The summed E-state index contributed by atoms with van der Waals surface area (Å²) in [6.45, 7) is 1.64. The van der Waals surface area contributed by atoms with Gasteiger partial charge in [-0.2, -0.15) is 0 Å². The van der Waals surface area contributed by atoms with Gasteiger partial charge in [-0.1, -0.05) is 24.3 Å². The molecule has 0 fully saturated rings. The summed E-state index contributed by atoms with van der Waals surface area (Å²) in [5.74, 6) is -0.616. The Morgan fingerprint density at radius 2 is 1.95 bits per heavy atom. The highest BCUT2D eigenvalue weighted by atomic mass is 19.1. The van der Waals surface area contributed by atoms with Crippen molar-refractivity contribution in [3.05, 3.63) is 65.6 Å². The molecule has 0 atom stereocenters. The Labute approximate surface area is 115 Å². The molecule has 2 aromatic carbocycles. The number of para-hydroxylation sites is 1. The molecule has 0 aliphatic carbocycles. The van der Waals surface area contributed by atoms with E-state index in [9.17, 15) is 9.18 Å². The highest BCUT2D eigenvalue weighted by molar-refractivity contribution is 6.06. The number of aromatic amines is 1.